The van der Waals surface area contributed by atoms with Gasteiger partial charge in [-0.15, -0.1) is 0 Å². The molecule has 0 aliphatic heterocycles. The molecule has 0 unspecified atom stereocenters. The third kappa shape index (κ3) is 3.28. The van der Waals surface area contributed by atoms with Crippen molar-refractivity contribution in [1.29, 1.82) is 0 Å². The van der Waals surface area contributed by atoms with Crippen LogP contribution in [0.4, 0.5) is 0 Å². The van der Waals surface area contributed by atoms with Crippen molar-refractivity contribution in [3.8, 4) is 11.8 Å². The third-order valence-electron chi connectivity index (χ3n) is 1.72. The van der Waals surface area contributed by atoms with Crippen molar-refractivity contribution >= 4 is 58.0 Å². The highest BCUT2D eigenvalue weighted by Crippen LogP contribution is 2.37. The molecule has 18 heavy (non-hydrogen) atoms. The molecule has 2 aromatic rings. The van der Waals surface area contributed by atoms with Crippen LogP contribution in [0.2, 0.25) is 25.6 Å². The van der Waals surface area contributed by atoms with Gasteiger partial charge in [-0.25, -0.2) is 0 Å². The maximum atomic E-state index is 5.93. The molecule has 0 radical (unpaired) electrons. The lowest BCUT2D eigenvalue weighted by molar-refractivity contribution is 0.440. The van der Waals surface area contributed by atoms with E-state index in [1.165, 1.54) is 12.1 Å². The van der Waals surface area contributed by atoms with Crippen molar-refractivity contribution in [2.45, 2.75) is 0 Å². The molecule has 9 heteroatoms. The minimum atomic E-state index is -0.119. The Hall–Kier alpha value is -0.520. The van der Waals surface area contributed by atoms with E-state index in [2.05, 4.69) is 15.0 Å². The van der Waals surface area contributed by atoms with Crippen molar-refractivity contribution in [2.75, 3.05) is 0 Å². The Morgan fingerprint density at radius 1 is 0.778 bits per heavy atom. The Bertz CT molecular complexity index is 563. The van der Waals surface area contributed by atoms with E-state index in [1.54, 1.807) is 0 Å². The fraction of sp³-hybridized carbons (Fsp3) is 0. The minimum Gasteiger partial charge on any atom is -0.421 e. The molecule has 2 rings (SSSR count). The number of hydrogen-bond donors (Lipinski definition) is 0. The zero-order valence-corrected chi connectivity index (χ0v) is 12.1. The number of halogens is 5. The van der Waals surface area contributed by atoms with Gasteiger partial charge in [0.2, 0.25) is 10.6 Å². The lowest BCUT2D eigenvalue weighted by Crippen LogP contribution is -1.96. The molecule has 1 aromatic heterocycles. The highest BCUT2D eigenvalue weighted by atomic mass is 35.5. The molecule has 1 aromatic carbocycles. The van der Waals surface area contributed by atoms with Gasteiger partial charge in [0.15, 0.2) is 5.75 Å². The number of benzene rings is 1. The summed E-state index contributed by atoms with van der Waals surface area (Å²) in [5.74, 6) is 0.154. The monoisotopic (exact) mass is 343 g/mol. The molecule has 0 aliphatic rings. The molecule has 0 spiro atoms. The molecule has 1 heterocycles. The van der Waals surface area contributed by atoms with Crippen LogP contribution in [0.3, 0.4) is 0 Å². The van der Waals surface area contributed by atoms with Crippen molar-refractivity contribution in [3.05, 3.63) is 37.8 Å². The van der Waals surface area contributed by atoms with Crippen LogP contribution in [0.15, 0.2) is 12.1 Å². The largest absolute Gasteiger partial charge is 0.421 e. The first-order valence-corrected chi connectivity index (χ1v) is 6.24. The van der Waals surface area contributed by atoms with Crippen molar-refractivity contribution in [2.24, 2.45) is 0 Å². The highest BCUT2D eigenvalue weighted by molar-refractivity contribution is 6.40. The van der Waals surface area contributed by atoms with E-state index in [0.717, 1.165) is 0 Å². The normalized spacial score (nSPS) is 10.5. The van der Waals surface area contributed by atoms with Gasteiger partial charge >= 0.3 is 6.01 Å². The third-order valence-corrected chi connectivity index (χ3v) is 2.83. The molecule has 0 amide bonds. The lowest BCUT2D eigenvalue weighted by Gasteiger charge is -2.08. The van der Waals surface area contributed by atoms with Gasteiger partial charge in [0.1, 0.15) is 0 Å². The molecule has 94 valence electrons. The molecule has 0 saturated carbocycles. The SMILES string of the molecule is Clc1cc(Cl)c(Oc2nc(Cl)nc(Cl)n2)c(Cl)c1. The summed E-state index contributed by atoms with van der Waals surface area (Å²) in [7, 11) is 0. The quantitative estimate of drug-likeness (QED) is 0.774. The summed E-state index contributed by atoms with van der Waals surface area (Å²) in [5.41, 5.74) is 0. The molecular formula is C9H2Cl5N3O. The van der Waals surface area contributed by atoms with Gasteiger partial charge in [-0.3, -0.25) is 0 Å². The van der Waals surface area contributed by atoms with Crippen LogP contribution in [0, 0.1) is 0 Å². The second-order valence-corrected chi connectivity index (χ2v) is 4.88. The predicted octanol–water partition coefficient (Wildman–Crippen LogP) is 4.93. The van der Waals surface area contributed by atoms with Crippen LogP contribution >= 0.6 is 58.0 Å². The first-order valence-electron chi connectivity index (χ1n) is 4.35. The van der Waals surface area contributed by atoms with Gasteiger partial charge in [-0.1, -0.05) is 34.8 Å². The maximum Gasteiger partial charge on any atom is 0.327 e. The Balaban J connectivity index is 2.40. The summed E-state index contributed by atoms with van der Waals surface area (Å²) < 4.78 is 5.30. The second kappa shape index (κ2) is 5.63. The standard InChI is InChI=1S/C9H2Cl5N3O/c10-3-1-4(11)6(5(12)2-3)18-9-16-7(13)15-8(14)17-9/h1-2H. The van der Waals surface area contributed by atoms with Crippen LogP contribution in [-0.4, -0.2) is 15.0 Å². The summed E-state index contributed by atoms with van der Waals surface area (Å²) in [6, 6.07) is 2.81. The van der Waals surface area contributed by atoms with Crippen molar-refractivity contribution in [1.82, 2.24) is 15.0 Å². The van der Waals surface area contributed by atoms with Gasteiger partial charge in [0.25, 0.3) is 0 Å². The van der Waals surface area contributed by atoms with E-state index in [1.807, 2.05) is 0 Å². The fourth-order valence-electron chi connectivity index (χ4n) is 1.07. The summed E-state index contributed by atoms with van der Waals surface area (Å²) in [4.78, 5) is 11.0. The van der Waals surface area contributed by atoms with E-state index < -0.39 is 0 Å². The van der Waals surface area contributed by atoms with Gasteiger partial charge in [0.05, 0.1) is 10.0 Å². The van der Waals surface area contributed by atoms with Gasteiger partial charge in [-0.05, 0) is 35.3 Å². The van der Waals surface area contributed by atoms with Crippen LogP contribution in [0.5, 0.6) is 11.8 Å². The van der Waals surface area contributed by atoms with Gasteiger partial charge < -0.3 is 4.74 Å². The Labute approximate surface area is 127 Å². The summed E-state index contributed by atoms with van der Waals surface area (Å²) in [5, 5.41) is 0.585. The molecule has 0 N–H and O–H groups in total. The number of ether oxygens (including phenoxy) is 1. The van der Waals surface area contributed by atoms with E-state index in [0.29, 0.717) is 5.02 Å². The zero-order valence-electron chi connectivity index (χ0n) is 8.29. The Morgan fingerprint density at radius 3 is 1.78 bits per heavy atom. The topological polar surface area (TPSA) is 47.9 Å². The molecule has 0 bridgehead atoms. The summed E-state index contributed by atoms with van der Waals surface area (Å²) in [6.45, 7) is 0. The van der Waals surface area contributed by atoms with Crippen molar-refractivity contribution in [3.63, 3.8) is 0 Å². The van der Waals surface area contributed by atoms with Crippen molar-refractivity contribution < 1.29 is 4.74 Å². The van der Waals surface area contributed by atoms with Crippen LogP contribution in [-0.2, 0) is 0 Å². The predicted molar refractivity (Wildman–Crippen MR) is 71.4 cm³/mol. The molecule has 4 nitrogen and oxygen atoms in total. The van der Waals surface area contributed by atoms with E-state index in [4.69, 9.17) is 62.7 Å². The highest BCUT2D eigenvalue weighted by Gasteiger charge is 2.13. The van der Waals surface area contributed by atoms with Crippen LogP contribution in [0.25, 0.3) is 0 Å². The molecule has 0 atom stereocenters. The first kappa shape index (κ1) is 13.9. The average Bonchev–Trinajstić information content (AvgIpc) is 2.22. The lowest BCUT2D eigenvalue weighted by atomic mass is 10.3. The number of nitrogens with zero attached hydrogens (tertiary/aromatic N) is 3. The second-order valence-electron chi connectivity index (χ2n) is 2.96. The van der Waals surface area contributed by atoms with Crippen LogP contribution < -0.4 is 4.74 Å². The number of hydrogen-bond acceptors (Lipinski definition) is 4. The average molecular weight is 345 g/mol. The van der Waals surface area contributed by atoms with Crippen LogP contribution in [0.1, 0.15) is 0 Å². The summed E-state index contributed by atoms with van der Waals surface area (Å²) >= 11 is 28.8. The Morgan fingerprint density at radius 2 is 1.28 bits per heavy atom. The number of rotatable bonds is 2. The molecule has 0 saturated heterocycles. The first-order chi connectivity index (χ1) is 8.45. The minimum absolute atomic E-state index is 0.105. The van der Waals surface area contributed by atoms with E-state index >= 15 is 0 Å². The maximum absolute atomic E-state index is 5.93. The smallest absolute Gasteiger partial charge is 0.327 e. The fourth-order valence-corrected chi connectivity index (χ4v) is 2.31. The summed E-state index contributed by atoms with van der Waals surface area (Å²) in [6.07, 6.45) is 0. The zero-order chi connectivity index (χ0) is 13.3. The van der Waals surface area contributed by atoms with Gasteiger partial charge in [-0.2, -0.15) is 15.0 Å². The van der Waals surface area contributed by atoms with E-state index in [9.17, 15) is 0 Å². The van der Waals surface area contributed by atoms with E-state index in [-0.39, 0.29) is 32.4 Å². The molecular weight excluding hydrogens is 343 g/mol. The van der Waals surface area contributed by atoms with Gasteiger partial charge in [0, 0.05) is 5.02 Å². The number of aromatic nitrogens is 3. The Kier molecular flexibility index (Phi) is 4.35. The molecule has 0 aliphatic carbocycles. The molecule has 0 fully saturated rings.